The van der Waals surface area contributed by atoms with Gasteiger partial charge < -0.3 is 11.1 Å². The Morgan fingerprint density at radius 3 is 2.35 bits per heavy atom. The van der Waals surface area contributed by atoms with Crippen molar-refractivity contribution >= 4 is 35.4 Å². The number of carbonyl (C=O) groups excluding carboxylic acids is 2. The van der Waals surface area contributed by atoms with Crippen LogP contribution in [0, 0.1) is 13.8 Å². The number of halogens is 1. The molecule has 4 nitrogen and oxygen atoms in total. The van der Waals surface area contributed by atoms with Crippen molar-refractivity contribution in [1.29, 1.82) is 0 Å². The van der Waals surface area contributed by atoms with Gasteiger partial charge in [-0.3, -0.25) is 9.59 Å². The van der Waals surface area contributed by atoms with Crippen molar-refractivity contribution in [2.75, 3.05) is 6.54 Å². The minimum absolute atomic E-state index is 0. The quantitative estimate of drug-likeness (QED) is 0.792. The molecule has 1 aromatic heterocycles. The maximum Gasteiger partial charge on any atom is 0.220 e. The average molecular weight is 319 g/mol. The first-order valence-corrected chi connectivity index (χ1v) is 7.16. The Kier molecular flexibility index (Phi) is 7.41. The van der Waals surface area contributed by atoms with Gasteiger partial charge in [0.25, 0.3) is 0 Å². The normalized spacial score (nSPS) is 10.8. The first-order valence-electron chi connectivity index (χ1n) is 6.35. The van der Waals surface area contributed by atoms with Gasteiger partial charge in [-0.05, 0) is 33.8 Å². The van der Waals surface area contributed by atoms with Crippen LogP contribution in [-0.2, 0) is 4.79 Å². The molecule has 3 N–H and O–H groups in total. The molecule has 0 atom stereocenters. The third-order valence-electron chi connectivity index (χ3n) is 2.66. The van der Waals surface area contributed by atoms with E-state index < -0.39 is 5.54 Å². The topological polar surface area (TPSA) is 72.2 Å². The Morgan fingerprint density at radius 1 is 1.30 bits per heavy atom. The van der Waals surface area contributed by atoms with Gasteiger partial charge in [0.05, 0.1) is 0 Å². The fourth-order valence-corrected chi connectivity index (χ4v) is 2.63. The van der Waals surface area contributed by atoms with E-state index in [1.807, 2.05) is 33.8 Å². The van der Waals surface area contributed by atoms with Crippen molar-refractivity contribution in [3.63, 3.8) is 0 Å². The number of rotatable bonds is 6. The third kappa shape index (κ3) is 6.50. The zero-order valence-corrected chi connectivity index (χ0v) is 14.0. The predicted molar refractivity (Wildman–Crippen MR) is 85.9 cm³/mol. The largest absolute Gasteiger partial charge is 0.354 e. The standard InChI is InChI=1S/C14H22N2O2S.ClH/c1-9-7-11(10(2)19-9)12(17)5-6-13(18)16-8-14(3,4)15;/h7H,5-6,8,15H2,1-4H3,(H,16,18);1H. The fraction of sp³-hybridized carbons (Fsp3) is 0.571. The van der Waals surface area contributed by atoms with E-state index in [1.54, 1.807) is 11.3 Å². The number of nitrogens with two attached hydrogens (primary N) is 1. The van der Waals surface area contributed by atoms with Crippen LogP contribution in [0.25, 0.3) is 0 Å². The molecule has 0 radical (unpaired) electrons. The van der Waals surface area contributed by atoms with E-state index in [4.69, 9.17) is 5.73 Å². The Hall–Kier alpha value is -0.910. The highest BCUT2D eigenvalue weighted by molar-refractivity contribution is 7.12. The summed E-state index contributed by atoms with van der Waals surface area (Å²) in [6.45, 7) is 8.01. The number of Topliss-reactive ketones (excluding diaryl/α,β-unsaturated/α-hetero) is 1. The van der Waals surface area contributed by atoms with E-state index in [-0.39, 0.29) is 36.9 Å². The molecule has 1 aromatic rings. The highest BCUT2D eigenvalue weighted by Crippen LogP contribution is 2.22. The van der Waals surface area contributed by atoms with Crippen LogP contribution in [0.2, 0.25) is 0 Å². The molecule has 0 aromatic carbocycles. The van der Waals surface area contributed by atoms with E-state index in [2.05, 4.69) is 5.32 Å². The van der Waals surface area contributed by atoms with Crippen LogP contribution in [0.15, 0.2) is 6.07 Å². The summed E-state index contributed by atoms with van der Waals surface area (Å²) in [4.78, 5) is 25.7. The summed E-state index contributed by atoms with van der Waals surface area (Å²) >= 11 is 1.61. The molecular formula is C14H23ClN2O2S. The number of carbonyl (C=O) groups is 2. The Balaban J connectivity index is 0.00000361. The second kappa shape index (κ2) is 7.76. The molecule has 0 spiro atoms. The minimum atomic E-state index is -0.430. The number of hydrogen-bond donors (Lipinski definition) is 2. The lowest BCUT2D eigenvalue weighted by atomic mass is 10.1. The number of thiophene rings is 1. The van der Waals surface area contributed by atoms with E-state index in [0.717, 1.165) is 15.3 Å². The highest BCUT2D eigenvalue weighted by Gasteiger charge is 2.15. The average Bonchev–Trinajstić information content (AvgIpc) is 2.61. The molecule has 1 amide bonds. The van der Waals surface area contributed by atoms with Gasteiger partial charge in [0.1, 0.15) is 0 Å². The van der Waals surface area contributed by atoms with Gasteiger partial charge in [-0.15, -0.1) is 23.7 Å². The molecule has 114 valence electrons. The highest BCUT2D eigenvalue weighted by atomic mass is 35.5. The first kappa shape index (κ1) is 19.1. The van der Waals surface area contributed by atoms with E-state index in [1.165, 1.54) is 0 Å². The van der Waals surface area contributed by atoms with Gasteiger partial charge in [-0.1, -0.05) is 0 Å². The summed E-state index contributed by atoms with van der Waals surface area (Å²) in [6.07, 6.45) is 0.455. The number of ketones is 1. The molecule has 20 heavy (non-hydrogen) atoms. The molecule has 6 heteroatoms. The molecule has 0 bridgehead atoms. The van der Waals surface area contributed by atoms with Crippen molar-refractivity contribution in [2.24, 2.45) is 5.73 Å². The number of nitrogens with one attached hydrogen (secondary N) is 1. The summed E-state index contributed by atoms with van der Waals surface area (Å²) in [5.41, 5.74) is 6.09. The van der Waals surface area contributed by atoms with Crippen LogP contribution >= 0.6 is 23.7 Å². The first-order chi connectivity index (χ1) is 8.69. The molecule has 0 saturated heterocycles. The van der Waals surface area contributed by atoms with Crippen molar-refractivity contribution in [2.45, 2.75) is 46.1 Å². The molecular weight excluding hydrogens is 296 g/mol. The SMILES string of the molecule is Cc1cc(C(=O)CCC(=O)NCC(C)(C)N)c(C)s1.Cl. The van der Waals surface area contributed by atoms with Gasteiger partial charge >= 0.3 is 0 Å². The predicted octanol–water partition coefficient (Wildman–Crippen LogP) is 2.60. The smallest absolute Gasteiger partial charge is 0.220 e. The van der Waals surface area contributed by atoms with Crippen molar-refractivity contribution in [3.8, 4) is 0 Å². The number of hydrogen-bond acceptors (Lipinski definition) is 4. The van der Waals surface area contributed by atoms with Gasteiger partial charge in [-0.2, -0.15) is 0 Å². The minimum Gasteiger partial charge on any atom is -0.354 e. The third-order valence-corrected chi connectivity index (χ3v) is 3.63. The van der Waals surface area contributed by atoms with E-state index >= 15 is 0 Å². The second-order valence-electron chi connectivity index (χ2n) is 5.52. The summed E-state index contributed by atoms with van der Waals surface area (Å²) in [5.74, 6) is -0.0968. The lowest BCUT2D eigenvalue weighted by Crippen LogP contribution is -2.45. The van der Waals surface area contributed by atoms with Crippen molar-refractivity contribution in [1.82, 2.24) is 5.32 Å². The molecule has 0 fully saturated rings. The monoisotopic (exact) mass is 318 g/mol. The van der Waals surface area contributed by atoms with Crippen molar-refractivity contribution < 1.29 is 9.59 Å². The lowest BCUT2D eigenvalue weighted by Gasteiger charge is -2.18. The molecule has 1 heterocycles. The lowest BCUT2D eigenvalue weighted by molar-refractivity contribution is -0.121. The van der Waals surface area contributed by atoms with Gasteiger partial charge in [-0.25, -0.2) is 0 Å². The summed E-state index contributed by atoms with van der Waals surface area (Å²) < 4.78 is 0. The molecule has 0 aliphatic heterocycles. The zero-order chi connectivity index (χ0) is 14.6. The van der Waals surface area contributed by atoms with Crippen LogP contribution in [0.1, 0.15) is 46.8 Å². The van der Waals surface area contributed by atoms with Gasteiger partial charge in [0.2, 0.25) is 5.91 Å². The van der Waals surface area contributed by atoms with Crippen LogP contribution < -0.4 is 11.1 Å². The van der Waals surface area contributed by atoms with Crippen LogP contribution in [0.5, 0.6) is 0 Å². The molecule has 0 aliphatic rings. The maximum absolute atomic E-state index is 12.0. The van der Waals surface area contributed by atoms with Crippen LogP contribution in [0.3, 0.4) is 0 Å². The van der Waals surface area contributed by atoms with Crippen LogP contribution in [0.4, 0.5) is 0 Å². The van der Waals surface area contributed by atoms with Crippen LogP contribution in [-0.4, -0.2) is 23.8 Å². The van der Waals surface area contributed by atoms with Gasteiger partial charge in [0.15, 0.2) is 5.78 Å². The van der Waals surface area contributed by atoms with Crippen molar-refractivity contribution in [3.05, 3.63) is 21.4 Å². The fourth-order valence-electron chi connectivity index (χ4n) is 1.68. The molecule has 0 unspecified atom stereocenters. The number of aryl methyl sites for hydroxylation is 2. The van der Waals surface area contributed by atoms with E-state index in [9.17, 15) is 9.59 Å². The molecule has 1 rings (SSSR count). The van der Waals surface area contributed by atoms with E-state index in [0.29, 0.717) is 6.54 Å². The Morgan fingerprint density at radius 2 is 1.90 bits per heavy atom. The molecule has 0 aliphatic carbocycles. The zero-order valence-electron chi connectivity index (χ0n) is 12.4. The van der Waals surface area contributed by atoms with Gasteiger partial charge in [0, 0.05) is 40.2 Å². The Labute approximate surface area is 130 Å². The summed E-state index contributed by atoms with van der Waals surface area (Å²) in [7, 11) is 0. The maximum atomic E-state index is 12.0. The number of amides is 1. The Bertz CT molecular complexity index is 478. The summed E-state index contributed by atoms with van der Waals surface area (Å²) in [5, 5.41) is 2.74. The summed E-state index contributed by atoms with van der Waals surface area (Å²) in [6, 6.07) is 1.89. The second-order valence-corrected chi connectivity index (χ2v) is 6.98. The molecule has 0 saturated carbocycles.